The van der Waals surface area contributed by atoms with Crippen molar-refractivity contribution in [2.24, 2.45) is 0 Å². The molecule has 0 aliphatic rings. The van der Waals surface area contributed by atoms with Crippen LogP contribution >= 0.6 is 0 Å². The van der Waals surface area contributed by atoms with E-state index in [-0.39, 0.29) is 18.1 Å². The Balaban J connectivity index is 1.79. The monoisotopic (exact) mass is 299 g/mol. The van der Waals surface area contributed by atoms with Gasteiger partial charge in [0, 0.05) is 5.69 Å². The first-order valence-corrected chi connectivity index (χ1v) is 7.39. The average Bonchev–Trinajstić information content (AvgIpc) is 2.51. The molecule has 4 nitrogen and oxygen atoms in total. The van der Waals surface area contributed by atoms with E-state index < -0.39 is 0 Å². The molecule has 0 atom stereocenters. The van der Waals surface area contributed by atoms with Crippen molar-refractivity contribution < 1.29 is 14.6 Å². The smallest absolute Gasteiger partial charge is 0.227 e. The number of nitrogens with one attached hydrogen (secondary N) is 1. The Labute approximate surface area is 130 Å². The van der Waals surface area contributed by atoms with Gasteiger partial charge in [-0.2, -0.15) is 0 Å². The number of carbonyl (C=O) groups is 1. The minimum Gasteiger partial charge on any atom is -0.508 e. The predicted octanol–water partition coefficient (Wildman–Crippen LogP) is 3.67. The second-order valence-corrected chi connectivity index (χ2v) is 5.14. The fraction of sp³-hybridized carbons (Fsp3) is 0.278. The zero-order chi connectivity index (χ0) is 15.9. The Kier molecular flexibility index (Phi) is 5.42. The summed E-state index contributed by atoms with van der Waals surface area (Å²) in [7, 11) is 0. The van der Waals surface area contributed by atoms with Crippen molar-refractivity contribution in [2.45, 2.75) is 26.7 Å². The van der Waals surface area contributed by atoms with E-state index in [2.05, 4.69) is 12.2 Å². The van der Waals surface area contributed by atoms with E-state index in [0.29, 0.717) is 12.3 Å². The largest absolute Gasteiger partial charge is 0.508 e. The fourth-order valence-corrected chi connectivity index (χ4v) is 2.08. The molecule has 0 aliphatic carbocycles. The van der Waals surface area contributed by atoms with E-state index in [1.165, 1.54) is 5.56 Å². The molecule has 4 heteroatoms. The molecule has 0 aromatic heterocycles. The number of carbonyl (C=O) groups excluding carboxylic acids is 1. The average molecular weight is 299 g/mol. The Bertz CT molecular complexity index is 635. The number of phenolic OH excluding ortho intramolecular Hbond substituents is 1. The Morgan fingerprint density at radius 3 is 2.55 bits per heavy atom. The first-order chi connectivity index (χ1) is 10.6. The van der Waals surface area contributed by atoms with Crippen molar-refractivity contribution in [1.82, 2.24) is 0 Å². The number of benzene rings is 2. The molecule has 0 unspecified atom stereocenters. The Morgan fingerprint density at radius 1 is 1.18 bits per heavy atom. The van der Waals surface area contributed by atoms with Gasteiger partial charge in [-0.3, -0.25) is 4.79 Å². The zero-order valence-corrected chi connectivity index (χ0v) is 12.9. The van der Waals surface area contributed by atoms with Crippen LogP contribution in [0.2, 0.25) is 0 Å². The lowest BCUT2D eigenvalue weighted by Crippen LogP contribution is -2.15. The number of hydrogen-bond donors (Lipinski definition) is 2. The van der Waals surface area contributed by atoms with Crippen LogP contribution in [0.25, 0.3) is 0 Å². The molecule has 2 rings (SSSR count). The molecule has 0 spiro atoms. The molecule has 116 valence electrons. The minimum atomic E-state index is -0.112. The van der Waals surface area contributed by atoms with Crippen LogP contribution in [-0.4, -0.2) is 17.6 Å². The molecule has 2 aromatic rings. The summed E-state index contributed by atoms with van der Waals surface area (Å²) >= 11 is 0. The minimum absolute atomic E-state index is 0.112. The first-order valence-electron chi connectivity index (χ1n) is 7.39. The van der Waals surface area contributed by atoms with E-state index in [4.69, 9.17) is 4.74 Å². The topological polar surface area (TPSA) is 58.6 Å². The van der Waals surface area contributed by atoms with Crippen molar-refractivity contribution >= 4 is 11.6 Å². The summed E-state index contributed by atoms with van der Waals surface area (Å²) in [5, 5.41) is 12.2. The van der Waals surface area contributed by atoms with Crippen LogP contribution in [0.5, 0.6) is 11.5 Å². The summed E-state index contributed by atoms with van der Waals surface area (Å²) < 4.78 is 5.56. The van der Waals surface area contributed by atoms with E-state index in [1.807, 2.05) is 31.2 Å². The lowest BCUT2D eigenvalue weighted by molar-refractivity contribution is -0.116. The van der Waals surface area contributed by atoms with Gasteiger partial charge >= 0.3 is 0 Å². The normalized spacial score (nSPS) is 10.3. The summed E-state index contributed by atoms with van der Waals surface area (Å²) in [6, 6.07) is 12.7. The number of phenols is 1. The van der Waals surface area contributed by atoms with Crippen LogP contribution in [0.1, 0.15) is 24.5 Å². The van der Waals surface area contributed by atoms with Crippen molar-refractivity contribution in [3.63, 3.8) is 0 Å². The van der Waals surface area contributed by atoms with Gasteiger partial charge in [0.1, 0.15) is 11.5 Å². The van der Waals surface area contributed by atoms with Gasteiger partial charge < -0.3 is 15.2 Å². The SMILES string of the molecule is CCc1ccc(OCCC(=O)Nc2ccc(O)cc2C)cc1. The molecule has 0 fully saturated rings. The first kappa shape index (κ1) is 15.9. The molecule has 2 N–H and O–H groups in total. The van der Waals surface area contributed by atoms with Crippen molar-refractivity contribution in [1.29, 1.82) is 0 Å². The molecule has 22 heavy (non-hydrogen) atoms. The molecule has 0 bridgehead atoms. The number of aryl methyl sites for hydroxylation is 2. The molecule has 0 aliphatic heterocycles. The van der Waals surface area contributed by atoms with Crippen LogP contribution in [0.4, 0.5) is 5.69 Å². The number of anilines is 1. The van der Waals surface area contributed by atoms with Crippen LogP contribution in [0, 0.1) is 6.92 Å². The third-order valence-corrected chi connectivity index (χ3v) is 3.41. The van der Waals surface area contributed by atoms with E-state index in [9.17, 15) is 9.90 Å². The van der Waals surface area contributed by atoms with Crippen LogP contribution < -0.4 is 10.1 Å². The van der Waals surface area contributed by atoms with Crippen molar-refractivity contribution in [3.05, 3.63) is 53.6 Å². The van der Waals surface area contributed by atoms with E-state index in [0.717, 1.165) is 17.7 Å². The maximum absolute atomic E-state index is 11.9. The quantitative estimate of drug-likeness (QED) is 0.800. The van der Waals surface area contributed by atoms with Crippen LogP contribution in [0.15, 0.2) is 42.5 Å². The number of aromatic hydroxyl groups is 1. The molecule has 0 radical (unpaired) electrons. The summed E-state index contributed by atoms with van der Waals surface area (Å²) in [6.45, 7) is 4.26. The molecule has 2 aromatic carbocycles. The highest BCUT2D eigenvalue weighted by Gasteiger charge is 2.06. The Hall–Kier alpha value is -2.49. The second-order valence-electron chi connectivity index (χ2n) is 5.14. The molecule has 0 heterocycles. The molecule has 0 saturated heterocycles. The summed E-state index contributed by atoms with van der Waals surface area (Å²) in [5.74, 6) is 0.846. The molecular weight excluding hydrogens is 278 g/mol. The fourth-order valence-electron chi connectivity index (χ4n) is 2.08. The van der Waals surface area contributed by atoms with Crippen molar-refractivity contribution in [2.75, 3.05) is 11.9 Å². The third kappa shape index (κ3) is 4.52. The maximum Gasteiger partial charge on any atom is 0.227 e. The number of amides is 1. The summed E-state index contributed by atoms with van der Waals surface area (Å²) in [5.41, 5.74) is 2.78. The highest BCUT2D eigenvalue weighted by atomic mass is 16.5. The Morgan fingerprint density at radius 2 is 1.91 bits per heavy atom. The van der Waals surface area contributed by atoms with Gasteiger partial charge in [-0.15, -0.1) is 0 Å². The van der Waals surface area contributed by atoms with Gasteiger partial charge in [-0.1, -0.05) is 19.1 Å². The second kappa shape index (κ2) is 7.50. The van der Waals surface area contributed by atoms with Gasteiger partial charge in [-0.05, 0) is 54.8 Å². The highest BCUT2D eigenvalue weighted by molar-refractivity contribution is 5.91. The summed E-state index contributed by atoms with van der Waals surface area (Å²) in [4.78, 5) is 11.9. The van der Waals surface area contributed by atoms with E-state index in [1.54, 1.807) is 18.2 Å². The van der Waals surface area contributed by atoms with Crippen LogP contribution in [0.3, 0.4) is 0 Å². The van der Waals surface area contributed by atoms with Crippen molar-refractivity contribution in [3.8, 4) is 11.5 Å². The predicted molar refractivity (Wildman–Crippen MR) is 87.4 cm³/mol. The molecule has 0 saturated carbocycles. The van der Waals surface area contributed by atoms with E-state index >= 15 is 0 Å². The van der Waals surface area contributed by atoms with Gasteiger partial charge in [0.15, 0.2) is 0 Å². The maximum atomic E-state index is 11.9. The lowest BCUT2D eigenvalue weighted by Gasteiger charge is -2.10. The molecule has 1 amide bonds. The number of rotatable bonds is 6. The molecular formula is C18H21NO3. The number of hydrogen-bond acceptors (Lipinski definition) is 3. The van der Waals surface area contributed by atoms with Crippen LogP contribution in [-0.2, 0) is 11.2 Å². The highest BCUT2D eigenvalue weighted by Crippen LogP contribution is 2.20. The standard InChI is InChI=1S/C18H21NO3/c1-3-14-4-7-16(8-5-14)22-11-10-18(21)19-17-9-6-15(20)12-13(17)2/h4-9,12,20H,3,10-11H2,1-2H3,(H,19,21). The number of ether oxygens (including phenoxy) is 1. The van der Waals surface area contributed by atoms with Gasteiger partial charge in [0.25, 0.3) is 0 Å². The summed E-state index contributed by atoms with van der Waals surface area (Å²) in [6.07, 6.45) is 1.27. The zero-order valence-electron chi connectivity index (χ0n) is 12.9. The van der Waals surface area contributed by atoms with Gasteiger partial charge in [-0.25, -0.2) is 0 Å². The van der Waals surface area contributed by atoms with Gasteiger partial charge in [0.2, 0.25) is 5.91 Å². The lowest BCUT2D eigenvalue weighted by atomic mass is 10.2. The van der Waals surface area contributed by atoms with Gasteiger partial charge in [0.05, 0.1) is 13.0 Å². The third-order valence-electron chi connectivity index (χ3n) is 3.41.